The molecule has 6 nitrogen and oxygen atoms in total. The van der Waals surface area contributed by atoms with E-state index in [0.717, 1.165) is 36.3 Å². The lowest BCUT2D eigenvalue weighted by Crippen LogP contribution is -2.36. The smallest absolute Gasteiger partial charge is 0.330 e. The van der Waals surface area contributed by atoms with E-state index < -0.39 is 0 Å². The number of hydrogen-bond donors (Lipinski definition) is 0. The quantitative estimate of drug-likeness (QED) is 0.548. The van der Waals surface area contributed by atoms with Crippen molar-refractivity contribution < 1.29 is 0 Å². The molecule has 0 amide bonds. The van der Waals surface area contributed by atoms with Gasteiger partial charge in [-0.2, -0.15) is 5.26 Å². The predicted molar refractivity (Wildman–Crippen MR) is 125 cm³/mol. The largest absolute Gasteiger partial charge is 0.369 e. The van der Waals surface area contributed by atoms with E-state index in [9.17, 15) is 10.1 Å². The minimum absolute atomic E-state index is 0.158. The summed E-state index contributed by atoms with van der Waals surface area (Å²) < 4.78 is 3.28. The van der Waals surface area contributed by atoms with Crippen molar-refractivity contribution in [2.45, 2.75) is 39.7 Å². The van der Waals surface area contributed by atoms with Crippen LogP contribution in [0.3, 0.4) is 0 Å². The van der Waals surface area contributed by atoms with Crippen molar-refractivity contribution in [3.8, 4) is 6.07 Å². The molecule has 0 radical (unpaired) electrons. The second-order valence-corrected chi connectivity index (χ2v) is 9.30. The van der Waals surface area contributed by atoms with Gasteiger partial charge in [0.2, 0.25) is 0 Å². The number of nitrogens with zero attached hydrogens (tertiary/aromatic N) is 5. The zero-order valence-electron chi connectivity index (χ0n) is 18.3. The van der Waals surface area contributed by atoms with Crippen LogP contribution in [-0.2, 0) is 13.6 Å². The fourth-order valence-electron chi connectivity index (χ4n) is 4.81. The highest BCUT2D eigenvalue weighted by atomic mass is 35.5. The summed E-state index contributed by atoms with van der Waals surface area (Å²) in [6.07, 6.45) is 3.54. The van der Waals surface area contributed by atoms with E-state index in [4.69, 9.17) is 11.6 Å². The van der Waals surface area contributed by atoms with Gasteiger partial charge in [0.25, 0.3) is 0 Å². The number of anilines is 1. The Balaban J connectivity index is 1.84. The molecule has 1 aliphatic rings. The van der Waals surface area contributed by atoms with E-state index in [1.165, 1.54) is 12.8 Å². The van der Waals surface area contributed by atoms with Gasteiger partial charge in [-0.05, 0) is 42.7 Å². The van der Waals surface area contributed by atoms with Gasteiger partial charge >= 0.3 is 5.69 Å². The third-order valence-electron chi connectivity index (χ3n) is 6.16. The van der Waals surface area contributed by atoms with Crippen LogP contribution in [0.2, 0.25) is 5.15 Å². The molecule has 7 heteroatoms. The van der Waals surface area contributed by atoms with E-state index >= 15 is 0 Å². The fourth-order valence-corrected chi connectivity index (χ4v) is 4.99. The Kier molecular flexibility index (Phi) is 6.06. The van der Waals surface area contributed by atoms with Crippen molar-refractivity contribution in [1.82, 2.24) is 14.1 Å². The number of fused-ring (bicyclic) bond motifs is 1. The number of rotatable bonds is 5. The SMILES string of the molecule is CC(C)CC1CCCN(c2cc(Cl)nc3c2n(Cc2ccccc2C#N)c(=O)n3C)C1. The van der Waals surface area contributed by atoms with Crippen molar-refractivity contribution in [3.63, 3.8) is 0 Å². The van der Waals surface area contributed by atoms with Crippen LogP contribution in [0, 0.1) is 23.2 Å². The summed E-state index contributed by atoms with van der Waals surface area (Å²) in [5.74, 6) is 1.28. The van der Waals surface area contributed by atoms with E-state index in [1.807, 2.05) is 24.3 Å². The molecular weight excluding hydrogens is 410 g/mol. The molecule has 1 aliphatic heterocycles. The molecule has 1 aromatic carbocycles. The standard InChI is InChI=1S/C24H28ClN5O/c1-16(2)11-17-7-6-10-29(14-17)20-12-21(25)27-23-22(20)30(24(31)28(23)3)15-19-9-5-4-8-18(19)13-26/h4-5,8-9,12,16-17H,6-7,10-11,14-15H2,1-3H3. The van der Waals surface area contributed by atoms with Crippen molar-refractivity contribution in [2.75, 3.05) is 18.0 Å². The Morgan fingerprint density at radius 2 is 2.10 bits per heavy atom. The summed E-state index contributed by atoms with van der Waals surface area (Å²) in [5, 5.41) is 9.89. The van der Waals surface area contributed by atoms with Crippen LogP contribution in [0.4, 0.5) is 5.69 Å². The summed E-state index contributed by atoms with van der Waals surface area (Å²) in [4.78, 5) is 20.0. The molecular formula is C24H28ClN5O. The van der Waals surface area contributed by atoms with Gasteiger partial charge in [0, 0.05) is 26.2 Å². The first-order valence-electron chi connectivity index (χ1n) is 10.9. The van der Waals surface area contributed by atoms with Gasteiger partial charge in [-0.15, -0.1) is 0 Å². The molecule has 1 atom stereocenters. The summed E-state index contributed by atoms with van der Waals surface area (Å²) in [6.45, 7) is 6.73. The van der Waals surface area contributed by atoms with Crippen LogP contribution in [0.1, 0.15) is 44.2 Å². The average Bonchev–Trinajstić information content (AvgIpc) is 2.98. The van der Waals surface area contributed by atoms with Gasteiger partial charge in [0.15, 0.2) is 5.65 Å². The number of benzene rings is 1. The van der Waals surface area contributed by atoms with Crippen LogP contribution in [-0.4, -0.2) is 27.2 Å². The number of aryl methyl sites for hydroxylation is 1. The highest BCUT2D eigenvalue weighted by Crippen LogP contribution is 2.33. The molecule has 0 N–H and O–H groups in total. The summed E-state index contributed by atoms with van der Waals surface area (Å²) in [7, 11) is 1.72. The van der Waals surface area contributed by atoms with E-state index in [2.05, 4.69) is 29.8 Å². The zero-order valence-corrected chi connectivity index (χ0v) is 19.1. The molecule has 31 heavy (non-hydrogen) atoms. The van der Waals surface area contributed by atoms with Gasteiger partial charge < -0.3 is 4.90 Å². The zero-order chi connectivity index (χ0) is 22.1. The molecule has 2 aromatic heterocycles. The Morgan fingerprint density at radius 1 is 1.32 bits per heavy atom. The molecule has 0 aliphatic carbocycles. The number of pyridine rings is 1. The molecule has 1 fully saturated rings. The molecule has 1 unspecified atom stereocenters. The number of hydrogen-bond acceptors (Lipinski definition) is 4. The second-order valence-electron chi connectivity index (χ2n) is 8.92. The van der Waals surface area contributed by atoms with Crippen molar-refractivity contribution in [2.24, 2.45) is 18.9 Å². The number of piperidine rings is 1. The van der Waals surface area contributed by atoms with Gasteiger partial charge in [-0.25, -0.2) is 9.78 Å². The highest BCUT2D eigenvalue weighted by Gasteiger charge is 2.26. The summed E-state index contributed by atoms with van der Waals surface area (Å²) in [6, 6.07) is 11.5. The van der Waals surface area contributed by atoms with Crippen LogP contribution in [0.5, 0.6) is 0 Å². The van der Waals surface area contributed by atoms with E-state index in [1.54, 1.807) is 22.2 Å². The van der Waals surface area contributed by atoms with Crippen LogP contribution in [0.25, 0.3) is 11.2 Å². The summed E-state index contributed by atoms with van der Waals surface area (Å²) >= 11 is 6.40. The van der Waals surface area contributed by atoms with Crippen LogP contribution in [0.15, 0.2) is 35.1 Å². The molecule has 3 heterocycles. The first-order chi connectivity index (χ1) is 14.9. The highest BCUT2D eigenvalue weighted by molar-refractivity contribution is 6.30. The molecule has 1 saturated heterocycles. The molecule has 0 saturated carbocycles. The number of halogens is 1. The Labute approximate surface area is 187 Å². The maximum Gasteiger partial charge on any atom is 0.330 e. The lowest BCUT2D eigenvalue weighted by Gasteiger charge is -2.35. The van der Waals surface area contributed by atoms with Crippen LogP contribution < -0.4 is 10.6 Å². The van der Waals surface area contributed by atoms with Crippen LogP contribution >= 0.6 is 11.6 Å². The van der Waals surface area contributed by atoms with Crippen molar-refractivity contribution >= 4 is 28.5 Å². The number of aromatic nitrogens is 3. The Bertz CT molecular complexity index is 1200. The second kappa shape index (κ2) is 8.76. The van der Waals surface area contributed by atoms with Crippen molar-refractivity contribution in [1.29, 1.82) is 5.26 Å². The number of imidazole rings is 1. The molecule has 0 bridgehead atoms. The topological polar surface area (TPSA) is 66.8 Å². The summed E-state index contributed by atoms with van der Waals surface area (Å²) in [5.41, 5.74) is 3.55. The maximum absolute atomic E-state index is 13.2. The lowest BCUT2D eigenvalue weighted by atomic mass is 9.89. The number of nitriles is 1. The molecule has 162 valence electrons. The van der Waals surface area contributed by atoms with E-state index in [0.29, 0.717) is 34.7 Å². The van der Waals surface area contributed by atoms with Gasteiger partial charge in [-0.3, -0.25) is 9.13 Å². The fraction of sp³-hybridized carbons (Fsp3) is 0.458. The Hall–Kier alpha value is -2.78. The van der Waals surface area contributed by atoms with Crippen molar-refractivity contribution in [3.05, 3.63) is 57.1 Å². The van der Waals surface area contributed by atoms with Gasteiger partial charge in [0.1, 0.15) is 10.7 Å². The normalized spacial score (nSPS) is 16.8. The molecule has 3 aromatic rings. The lowest BCUT2D eigenvalue weighted by molar-refractivity contribution is 0.347. The average molecular weight is 438 g/mol. The predicted octanol–water partition coefficient (Wildman–Crippen LogP) is 4.57. The maximum atomic E-state index is 13.2. The van der Waals surface area contributed by atoms with Gasteiger partial charge in [0.05, 0.1) is 23.9 Å². The first kappa shape index (κ1) is 21.5. The third kappa shape index (κ3) is 4.20. The van der Waals surface area contributed by atoms with E-state index in [-0.39, 0.29) is 5.69 Å². The minimum Gasteiger partial charge on any atom is -0.369 e. The molecule has 4 rings (SSSR count). The minimum atomic E-state index is -0.158. The Morgan fingerprint density at radius 3 is 2.84 bits per heavy atom. The van der Waals surface area contributed by atoms with Gasteiger partial charge in [-0.1, -0.05) is 43.6 Å². The molecule has 0 spiro atoms. The first-order valence-corrected chi connectivity index (χ1v) is 11.3. The third-order valence-corrected chi connectivity index (χ3v) is 6.35. The monoisotopic (exact) mass is 437 g/mol.